The first kappa shape index (κ1) is 13.5. The van der Waals surface area contributed by atoms with Crippen molar-refractivity contribution in [3.8, 4) is 0 Å². The van der Waals surface area contributed by atoms with Gasteiger partial charge in [-0.05, 0) is 47.5 Å². The summed E-state index contributed by atoms with van der Waals surface area (Å²) >= 11 is 7.44. The SMILES string of the molecule is CCNC(Cc1ccsc1)c1ccc(Cl)cc1F. The number of rotatable bonds is 5. The molecule has 1 unspecified atom stereocenters. The van der Waals surface area contributed by atoms with E-state index in [-0.39, 0.29) is 11.9 Å². The zero-order chi connectivity index (χ0) is 13.0. The molecule has 96 valence electrons. The average molecular weight is 284 g/mol. The molecule has 0 aliphatic heterocycles. The molecule has 1 aromatic heterocycles. The van der Waals surface area contributed by atoms with Gasteiger partial charge in [0.05, 0.1) is 0 Å². The van der Waals surface area contributed by atoms with E-state index < -0.39 is 0 Å². The molecule has 4 heteroatoms. The van der Waals surface area contributed by atoms with Gasteiger partial charge >= 0.3 is 0 Å². The lowest BCUT2D eigenvalue weighted by molar-refractivity contribution is 0.510. The molecule has 1 N–H and O–H groups in total. The fourth-order valence-corrected chi connectivity index (χ4v) is 2.81. The van der Waals surface area contributed by atoms with Crippen molar-refractivity contribution in [2.45, 2.75) is 19.4 Å². The maximum atomic E-state index is 13.9. The van der Waals surface area contributed by atoms with Gasteiger partial charge in [-0.25, -0.2) is 4.39 Å². The number of benzene rings is 1. The van der Waals surface area contributed by atoms with Crippen molar-refractivity contribution in [2.24, 2.45) is 0 Å². The third-order valence-electron chi connectivity index (χ3n) is 2.81. The smallest absolute Gasteiger partial charge is 0.129 e. The molecule has 0 radical (unpaired) electrons. The largest absolute Gasteiger partial charge is 0.310 e. The second-order valence-corrected chi connectivity index (χ2v) is 5.33. The number of thiophene rings is 1. The van der Waals surface area contributed by atoms with Gasteiger partial charge in [-0.3, -0.25) is 0 Å². The summed E-state index contributed by atoms with van der Waals surface area (Å²) in [6, 6.07) is 6.93. The molecule has 0 amide bonds. The van der Waals surface area contributed by atoms with Crippen LogP contribution in [0.5, 0.6) is 0 Å². The van der Waals surface area contributed by atoms with Gasteiger partial charge in [0.2, 0.25) is 0 Å². The molecule has 0 aliphatic rings. The van der Waals surface area contributed by atoms with Crippen LogP contribution in [0.1, 0.15) is 24.1 Å². The predicted octanol–water partition coefficient (Wildman–Crippen LogP) is 4.43. The molecule has 1 heterocycles. The minimum Gasteiger partial charge on any atom is -0.310 e. The van der Waals surface area contributed by atoms with Gasteiger partial charge in [0, 0.05) is 16.6 Å². The molecule has 0 fully saturated rings. The topological polar surface area (TPSA) is 12.0 Å². The van der Waals surface area contributed by atoms with Gasteiger partial charge in [-0.2, -0.15) is 11.3 Å². The summed E-state index contributed by atoms with van der Waals surface area (Å²) in [7, 11) is 0. The second-order valence-electron chi connectivity index (χ2n) is 4.11. The molecule has 1 atom stereocenters. The van der Waals surface area contributed by atoms with Crippen LogP contribution < -0.4 is 5.32 Å². The predicted molar refractivity (Wildman–Crippen MR) is 75.9 cm³/mol. The van der Waals surface area contributed by atoms with Crippen LogP contribution in [0.25, 0.3) is 0 Å². The van der Waals surface area contributed by atoms with Gasteiger partial charge in [-0.1, -0.05) is 24.6 Å². The Morgan fingerprint density at radius 3 is 2.83 bits per heavy atom. The third-order valence-corrected chi connectivity index (χ3v) is 3.78. The van der Waals surface area contributed by atoms with E-state index in [0.29, 0.717) is 10.6 Å². The Labute approximate surface area is 116 Å². The maximum Gasteiger partial charge on any atom is 0.129 e. The van der Waals surface area contributed by atoms with Gasteiger partial charge in [0.25, 0.3) is 0 Å². The Kier molecular flexibility index (Phi) is 4.75. The monoisotopic (exact) mass is 283 g/mol. The van der Waals surface area contributed by atoms with Crippen molar-refractivity contribution in [2.75, 3.05) is 6.54 Å². The number of halogens is 2. The highest BCUT2D eigenvalue weighted by Gasteiger charge is 2.15. The first-order chi connectivity index (χ1) is 8.70. The standard InChI is InChI=1S/C14H15ClFNS/c1-2-17-14(7-10-5-6-18-9-10)12-4-3-11(15)8-13(12)16/h3-6,8-9,14,17H,2,7H2,1H3. The van der Waals surface area contributed by atoms with Gasteiger partial charge < -0.3 is 5.32 Å². The molecule has 0 aliphatic carbocycles. The number of likely N-dealkylation sites (N-methyl/N-ethyl adjacent to an activating group) is 1. The summed E-state index contributed by atoms with van der Waals surface area (Å²) < 4.78 is 13.9. The van der Waals surface area contributed by atoms with Crippen LogP contribution >= 0.6 is 22.9 Å². The summed E-state index contributed by atoms with van der Waals surface area (Å²) in [5.74, 6) is -0.247. The quantitative estimate of drug-likeness (QED) is 0.856. The first-order valence-corrected chi connectivity index (χ1v) is 7.22. The summed E-state index contributed by atoms with van der Waals surface area (Å²) in [4.78, 5) is 0. The molecule has 1 aromatic carbocycles. The Balaban J connectivity index is 2.23. The van der Waals surface area contributed by atoms with E-state index in [2.05, 4.69) is 16.8 Å². The maximum absolute atomic E-state index is 13.9. The molecule has 2 aromatic rings. The van der Waals surface area contributed by atoms with Crippen LogP contribution in [0.2, 0.25) is 5.02 Å². The van der Waals surface area contributed by atoms with E-state index in [1.807, 2.05) is 12.3 Å². The third kappa shape index (κ3) is 3.31. The van der Waals surface area contributed by atoms with Crippen LogP contribution in [0.15, 0.2) is 35.0 Å². The number of nitrogens with one attached hydrogen (secondary N) is 1. The lowest BCUT2D eigenvalue weighted by Gasteiger charge is -2.18. The van der Waals surface area contributed by atoms with Crippen LogP contribution in [-0.2, 0) is 6.42 Å². The van der Waals surface area contributed by atoms with Crippen molar-refractivity contribution >= 4 is 22.9 Å². The summed E-state index contributed by atoms with van der Waals surface area (Å²) in [6.07, 6.45) is 0.788. The van der Waals surface area contributed by atoms with E-state index in [0.717, 1.165) is 13.0 Å². The van der Waals surface area contributed by atoms with E-state index in [9.17, 15) is 4.39 Å². The fourth-order valence-electron chi connectivity index (χ4n) is 1.97. The zero-order valence-corrected chi connectivity index (χ0v) is 11.7. The minimum absolute atomic E-state index is 0.0122. The minimum atomic E-state index is -0.247. The number of hydrogen-bond donors (Lipinski definition) is 1. The molecule has 0 spiro atoms. The Morgan fingerprint density at radius 1 is 1.39 bits per heavy atom. The molecule has 0 bridgehead atoms. The van der Waals surface area contributed by atoms with Crippen LogP contribution in [0.4, 0.5) is 4.39 Å². The molecule has 1 nitrogen and oxygen atoms in total. The summed E-state index contributed by atoms with van der Waals surface area (Å²) in [5.41, 5.74) is 1.90. The van der Waals surface area contributed by atoms with Crippen molar-refractivity contribution in [1.82, 2.24) is 5.32 Å². The Bertz CT molecular complexity index is 499. The number of hydrogen-bond acceptors (Lipinski definition) is 2. The van der Waals surface area contributed by atoms with Crippen molar-refractivity contribution < 1.29 is 4.39 Å². The molecule has 18 heavy (non-hydrogen) atoms. The second kappa shape index (κ2) is 6.32. The zero-order valence-electron chi connectivity index (χ0n) is 10.1. The Morgan fingerprint density at radius 2 is 2.22 bits per heavy atom. The van der Waals surface area contributed by atoms with Crippen molar-refractivity contribution in [1.29, 1.82) is 0 Å². The van der Waals surface area contributed by atoms with E-state index >= 15 is 0 Å². The average Bonchev–Trinajstić information content (AvgIpc) is 2.81. The normalized spacial score (nSPS) is 12.6. The highest BCUT2D eigenvalue weighted by Crippen LogP contribution is 2.24. The van der Waals surface area contributed by atoms with E-state index in [4.69, 9.17) is 11.6 Å². The lowest BCUT2D eigenvalue weighted by Crippen LogP contribution is -2.23. The van der Waals surface area contributed by atoms with E-state index in [1.54, 1.807) is 23.5 Å². The van der Waals surface area contributed by atoms with Crippen LogP contribution in [-0.4, -0.2) is 6.54 Å². The molecule has 2 rings (SSSR count). The van der Waals surface area contributed by atoms with E-state index in [1.165, 1.54) is 11.6 Å². The lowest BCUT2D eigenvalue weighted by atomic mass is 10.00. The highest BCUT2D eigenvalue weighted by molar-refractivity contribution is 7.07. The summed E-state index contributed by atoms with van der Waals surface area (Å²) in [5, 5.41) is 7.89. The van der Waals surface area contributed by atoms with Crippen LogP contribution in [0.3, 0.4) is 0 Å². The van der Waals surface area contributed by atoms with Crippen LogP contribution in [0, 0.1) is 5.82 Å². The fraction of sp³-hybridized carbons (Fsp3) is 0.286. The van der Waals surface area contributed by atoms with Crippen molar-refractivity contribution in [3.63, 3.8) is 0 Å². The molecular weight excluding hydrogens is 269 g/mol. The van der Waals surface area contributed by atoms with Gasteiger partial charge in [-0.15, -0.1) is 0 Å². The van der Waals surface area contributed by atoms with Crippen molar-refractivity contribution in [3.05, 3.63) is 57.0 Å². The summed E-state index contributed by atoms with van der Waals surface area (Å²) in [6.45, 7) is 2.82. The molecule has 0 saturated heterocycles. The van der Waals surface area contributed by atoms with Gasteiger partial charge in [0.15, 0.2) is 0 Å². The Hall–Kier alpha value is -0.900. The highest BCUT2D eigenvalue weighted by atomic mass is 35.5. The molecule has 0 saturated carbocycles. The van der Waals surface area contributed by atoms with Gasteiger partial charge in [0.1, 0.15) is 5.82 Å². The first-order valence-electron chi connectivity index (χ1n) is 5.90. The molecular formula is C14H15ClFNS.